The fraction of sp³-hybridized carbons (Fsp3) is 0.767. The Kier molecular flexibility index (Phi) is 10.2. The molecule has 3 rings (SSSR count). The molecule has 0 saturated carbocycles. The predicted octanol–water partition coefficient (Wildman–Crippen LogP) is 4.11. The summed E-state index contributed by atoms with van der Waals surface area (Å²) in [5.41, 5.74) is -0.433. The highest BCUT2D eigenvalue weighted by Gasteiger charge is 2.76. The first-order valence-electron chi connectivity index (χ1n) is 14.4. The number of hydrogen-bond donors (Lipinski definition) is 1. The Hall–Kier alpha value is -1.80. The smallest absolute Gasteiger partial charge is 0.247 e. The molecule has 3 saturated heterocycles. The molecule has 214 valence electrons. The summed E-state index contributed by atoms with van der Waals surface area (Å²) in [6.45, 7) is 20.2. The van der Waals surface area contributed by atoms with Gasteiger partial charge in [0.1, 0.15) is 6.04 Å². The number of aliphatic hydroxyl groups excluding tert-OH is 1. The zero-order valence-corrected chi connectivity index (χ0v) is 25.0. The summed E-state index contributed by atoms with van der Waals surface area (Å²) in [5, 5.41) is 9.21. The molecule has 3 aliphatic rings. The Morgan fingerprint density at radius 3 is 2.37 bits per heavy atom. The van der Waals surface area contributed by atoms with Gasteiger partial charge in [0.2, 0.25) is 17.7 Å². The molecule has 3 heterocycles. The van der Waals surface area contributed by atoms with Gasteiger partial charge < -0.3 is 19.8 Å². The maximum atomic E-state index is 14.5. The molecule has 3 unspecified atom stereocenters. The van der Waals surface area contributed by atoms with E-state index in [1.54, 1.807) is 23.9 Å². The van der Waals surface area contributed by atoms with Crippen molar-refractivity contribution in [2.45, 2.75) is 94.7 Å². The number of rotatable bonds is 14. The van der Waals surface area contributed by atoms with Crippen molar-refractivity contribution < 1.29 is 19.5 Å². The fourth-order valence-corrected chi connectivity index (χ4v) is 9.38. The van der Waals surface area contributed by atoms with Crippen molar-refractivity contribution >= 4 is 29.5 Å². The van der Waals surface area contributed by atoms with Gasteiger partial charge in [-0.2, -0.15) is 0 Å². The van der Waals surface area contributed by atoms with Crippen LogP contribution < -0.4 is 0 Å². The van der Waals surface area contributed by atoms with Crippen LogP contribution in [0.2, 0.25) is 0 Å². The Morgan fingerprint density at radius 1 is 1.13 bits per heavy atom. The topological polar surface area (TPSA) is 81.2 Å². The van der Waals surface area contributed by atoms with Crippen molar-refractivity contribution in [2.24, 2.45) is 17.8 Å². The number of carbonyl (C=O) groups is 3. The van der Waals surface area contributed by atoms with Crippen LogP contribution in [0.25, 0.3) is 0 Å². The largest absolute Gasteiger partial charge is 0.396 e. The van der Waals surface area contributed by atoms with Crippen molar-refractivity contribution in [3.05, 3.63) is 25.3 Å². The van der Waals surface area contributed by atoms with E-state index in [1.807, 2.05) is 35.5 Å². The molecule has 0 aliphatic carbocycles. The Labute approximate surface area is 234 Å². The number of fused-ring (bicyclic) bond motifs is 1. The summed E-state index contributed by atoms with van der Waals surface area (Å²) < 4.78 is -0.610. The number of thioether (sulfide) groups is 1. The van der Waals surface area contributed by atoms with E-state index in [0.29, 0.717) is 26.2 Å². The number of amides is 3. The summed E-state index contributed by atoms with van der Waals surface area (Å²) in [5.74, 6) is -0.789. The zero-order chi connectivity index (χ0) is 28.3. The number of likely N-dealkylation sites (tertiary alicyclic amines) is 1. The van der Waals surface area contributed by atoms with E-state index in [1.165, 1.54) is 0 Å². The van der Waals surface area contributed by atoms with Crippen LogP contribution in [0, 0.1) is 17.8 Å². The van der Waals surface area contributed by atoms with Crippen molar-refractivity contribution in [3.63, 3.8) is 0 Å². The number of carbonyl (C=O) groups excluding carboxylic acids is 3. The number of aliphatic hydroxyl groups is 1. The number of nitrogens with zero attached hydrogens (tertiary/aromatic N) is 3. The second kappa shape index (κ2) is 12.6. The second-order valence-electron chi connectivity index (χ2n) is 12.2. The molecule has 1 N–H and O–H groups in total. The first-order valence-corrected chi connectivity index (χ1v) is 15.3. The third-order valence-electron chi connectivity index (χ3n) is 8.61. The van der Waals surface area contributed by atoms with E-state index in [-0.39, 0.29) is 35.5 Å². The third kappa shape index (κ3) is 5.45. The highest BCUT2D eigenvalue weighted by Crippen LogP contribution is 2.69. The van der Waals surface area contributed by atoms with Crippen LogP contribution in [0.4, 0.5) is 0 Å². The quantitative estimate of drug-likeness (QED) is 0.261. The lowest BCUT2D eigenvalue weighted by atomic mass is 9.65. The van der Waals surface area contributed by atoms with Crippen LogP contribution in [0.3, 0.4) is 0 Å². The monoisotopic (exact) mass is 547 g/mol. The summed E-state index contributed by atoms with van der Waals surface area (Å²) >= 11 is 1.74. The average molecular weight is 548 g/mol. The third-order valence-corrected chi connectivity index (χ3v) is 10.7. The van der Waals surface area contributed by atoms with Gasteiger partial charge in [0.15, 0.2) is 0 Å². The second-order valence-corrected chi connectivity index (χ2v) is 13.8. The molecule has 3 amide bonds. The highest BCUT2D eigenvalue weighted by molar-refractivity contribution is 8.02. The summed E-state index contributed by atoms with van der Waals surface area (Å²) in [6.07, 6.45) is 8.47. The molecule has 2 bridgehead atoms. The molecule has 0 radical (unpaired) electrons. The van der Waals surface area contributed by atoms with Gasteiger partial charge in [0, 0.05) is 43.6 Å². The molecule has 8 heteroatoms. The van der Waals surface area contributed by atoms with Crippen LogP contribution in [0.1, 0.15) is 73.1 Å². The molecular weight excluding hydrogens is 498 g/mol. The van der Waals surface area contributed by atoms with Crippen molar-refractivity contribution in [2.75, 3.05) is 32.8 Å². The minimum absolute atomic E-state index is 0.0335. The molecule has 3 aliphatic heterocycles. The van der Waals surface area contributed by atoms with E-state index in [2.05, 4.69) is 27.0 Å². The van der Waals surface area contributed by atoms with Crippen molar-refractivity contribution in [1.82, 2.24) is 14.7 Å². The number of hydrogen-bond acceptors (Lipinski definition) is 5. The highest BCUT2D eigenvalue weighted by atomic mass is 32.2. The van der Waals surface area contributed by atoms with Crippen LogP contribution in [0.5, 0.6) is 0 Å². The molecule has 1 spiro atoms. The van der Waals surface area contributed by atoms with Crippen molar-refractivity contribution in [1.29, 1.82) is 0 Å². The van der Waals surface area contributed by atoms with Crippen LogP contribution in [-0.4, -0.2) is 91.9 Å². The Bertz CT molecular complexity index is 902. The van der Waals surface area contributed by atoms with Crippen LogP contribution in [0.15, 0.2) is 25.3 Å². The lowest BCUT2D eigenvalue weighted by molar-refractivity contribution is -0.146. The fourth-order valence-electron chi connectivity index (χ4n) is 6.97. The van der Waals surface area contributed by atoms with E-state index < -0.39 is 28.2 Å². The van der Waals surface area contributed by atoms with Gasteiger partial charge >= 0.3 is 0 Å². The van der Waals surface area contributed by atoms with Crippen LogP contribution >= 0.6 is 11.8 Å². The molecule has 38 heavy (non-hydrogen) atoms. The maximum Gasteiger partial charge on any atom is 0.247 e. The SMILES string of the molecule is C=CCN(CCC)C(=O)[C@@H]1[C@H]2C(=O)N(CCCCCCO)C(C(=O)N(CC=C)C(C)(C)C)C23S[C@@H]1CC3C. The maximum absolute atomic E-state index is 14.5. The van der Waals surface area contributed by atoms with Gasteiger partial charge in [-0.3, -0.25) is 14.4 Å². The van der Waals surface area contributed by atoms with Gasteiger partial charge in [-0.1, -0.05) is 38.8 Å². The standard InChI is InChI=1S/C30H49N3O4S/c1-8-15-31(16-9-2)26(35)23-22-20-21(4)30(38-22)24(23)27(36)32(18-13-11-12-14-19-34)25(30)28(37)33(17-10-3)29(5,6)7/h8,10,21-25,34H,1,3,9,11-20H2,2,4-7H3/t21?,22-,23+,24+,25?,30?/m1/s1. The molecule has 0 aromatic heterocycles. The first kappa shape index (κ1) is 30.7. The first-order chi connectivity index (χ1) is 18.0. The normalized spacial score (nSPS) is 29.9. The van der Waals surface area contributed by atoms with Crippen LogP contribution in [-0.2, 0) is 14.4 Å². The molecular formula is C30H49N3O4S. The average Bonchev–Trinajstić information content (AvgIpc) is 3.44. The summed E-state index contributed by atoms with van der Waals surface area (Å²) in [4.78, 5) is 48.3. The van der Waals surface area contributed by atoms with E-state index >= 15 is 0 Å². The summed E-state index contributed by atoms with van der Waals surface area (Å²) in [7, 11) is 0. The van der Waals surface area contributed by atoms with Gasteiger partial charge in [-0.25, -0.2) is 0 Å². The van der Waals surface area contributed by atoms with Gasteiger partial charge in [0.25, 0.3) is 0 Å². The molecule has 7 nitrogen and oxygen atoms in total. The van der Waals surface area contributed by atoms with E-state index in [9.17, 15) is 14.4 Å². The van der Waals surface area contributed by atoms with Crippen molar-refractivity contribution in [3.8, 4) is 0 Å². The minimum Gasteiger partial charge on any atom is -0.396 e. The molecule has 6 atom stereocenters. The van der Waals surface area contributed by atoms with Gasteiger partial charge in [-0.15, -0.1) is 24.9 Å². The van der Waals surface area contributed by atoms with E-state index in [0.717, 1.165) is 38.5 Å². The Morgan fingerprint density at radius 2 is 1.79 bits per heavy atom. The molecule has 0 aromatic carbocycles. The molecule has 0 aromatic rings. The summed E-state index contributed by atoms with van der Waals surface area (Å²) in [6, 6.07) is -0.598. The van der Waals surface area contributed by atoms with E-state index in [4.69, 9.17) is 5.11 Å². The van der Waals surface area contributed by atoms with Gasteiger partial charge in [0.05, 0.1) is 16.6 Å². The minimum atomic E-state index is -0.610. The molecule has 3 fully saturated rings. The number of unbranched alkanes of at least 4 members (excludes halogenated alkanes) is 3. The Balaban J connectivity index is 2.04. The predicted molar refractivity (Wildman–Crippen MR) is 155 cm³/mol. The lowest BCUT2D eigenvalue weighted by Gasteiger charge is -2.44. The van der Waals surface area contributed by atoms with Gasteiger partial charge in [-0.05, 0) is 52.4 Å². The lowest BCUT2D eigenvalue weighted by Crippen LogP contribution is -2.60. The zero-order valence-electron chi connectivity index (χ0n) is 24.2.